The van der Waals surface area contributed by atoms with E-state index in [-0.39, 0.29) is 63.4 Å². The molecule has 0 atom stereocenters. The van der Waals surface area contributed by atoms with Crippen molar-refractivity contribution in [3.8, 4) is 0 Å². The van der Waals surface area contributed by atoms with Gasteiger partial charge in [-0.15, -0.1) is 42.5 Å². The Bertz CT molecular complexity index is 213. The topological polar surface area (TPSA) is 0 Å². The van der Waals surface area contributed by atoms with Gasteiger partial charge in [0.05, 0.1) is 0 Å². The van der Waals surface area contributed by atoms with Gasteiger partial charge in [0.2, 0.25) is 0 Å². The smallest absolute Gasteiger partial charge is 0 e. The third-order valence-corrected chi connectivity index (χ3v) is 3.32. The summed E-state index contributed by atoms with van der Waals surface area (Å²) < 4.78 is 0. The first kappa shape index (κ1) is 24.0. The van der Waals surface area contributed by atoms with Crippen molar-refractivity contribution in [1.29, 1.82) is 0 Å². The van der Waals surface area contributed by atoms with Gasteiger partial charge >= 0.3 is 0 Å². The Balaban J connectivity index is -0.000000101. The molecule has 78 valence electrons. The van der Waals surface area contributed by atoms with Crippen LogP contribution in [0, 0.1) is 27.7 Å². The summed E-state index contributed by atoms with van der Waals surface area (Å²) in [5.74, 6) is 0. The molecule has 0 amide bonds. The van der Waals surface area contributed by atoms with Crippen molar-refractivity contribution in [2.75, 3.05) is 0 Å². The van der Waals surface area contributed by atoms with E-state index >= 15 is 0 Å². The minimum absolute atomic E-state index is 0. The molecule has 5 heteroatoms. The van der Waals surface area contributed by atoms with E-state index in [1.807, 2.05) is 0 Å². The quantitative estimate of drug-likeness (QED) is 0.611. The fourth-order valence-electron chi connectivity index (χ4n) is 0.962. The molecule has 0 bridgehead atoms. The Kier molecular flexibility index (Phi) is 18.6. The van der Waals surface area contributed by atoms with Crippen LogP contribution >= 0.6 is 45.4 Å². The SMILES string of the molecule is Cc1p[c-](C)c(C)c1C.Cl.Cl.Cl.[Zr]. The van der Waals surface area contributed by atoms with Crippen LogP contribution in [-0.4, -0.2) is 0 Å². The predicted octanol–water partition coefficient (Wildman–Crippen LogP) is 4.48. The van der Waals surface area contributed by atoms with E-state index in [1.165, 1.54) is 29.9 Å². The molecule has 0 unspecified atom stereocenters. The number of hydrogen-bond donors (Lipinski definition) is 0. The largest absolute Gasteiger partial charge is 0.220 e. The molecule has 0 aromatic carbocycles. The van der Waals surface area contributed by atoms with Crippen LogP contribution in [0.15, 0.2) is 0 Å². The Morgan fingerprint density at radius 3 is 1.46 bits per heavy atom. The summed E-state index contributed by atoms with van der Waals surface area (Å²) in [5, 5.41) is 3.04. The van der Waals surface area contributed by atoms with Crippen LogP contribution in [0.5, 0.6) is 0 Å². The minimum atomic E-state index is 0. The molecule has 1 heterocycles. The molecule has 0 aliphatic heterocycles. The standard InChI is InChI=1S/C8H12P.3ClH.Zr/c1-5-6(2)8(4)9-7(5)3;;;;/h1-4H3;3*1H;/q-1;;;;. The maximum atomic E-state index is 2.21. The van der Waals surface area contributed by atoms with Gasteiger partial charge in [-0.1, -0.05) is 27.7 Å². The van der Waals surface area contributed by atoms with Gasteiger partial charge in [-0.25, -0.2) is 8.19 Å². The zero-order valence-electron chi connectivity index (χ0n) is 8.17. The van der Waals surface area contributed by atoms with Gasteiger partial charge < -0.3 is 0 Å². The molecule has 0 spiro atoms. The second-order valence-electron chi connectivity index (χ2n) is 2.53. The Morgan fingerprint density at radius 2 is 1.38 bits per heavy atom. The Morgan fingerprint density at radius 1 is 1.00 bits per heavy atom. The first-order chi connectivity index (χ1) is 4.13. The first-order valence-electron chi connectivity index (χ1n) is 3.20. The zero-order chi connectivity index (χ0) is 7.02. The van der Waals surface area contributed by atoms with E-state index in [1.54, 1.807) is 0 Å². The first-order valence-corrected chi connectivity index (χ1v) is 4.09. The van der Waals surface area contributed by atoms with Crippen molar-refractivity contribution >= 4 is 45.4 Å². The maximum Gasteiger partial charge on any atom is 0 e. The van der Waals surface area contributed by atoms with Crippen molar-refractivity contribution in [2.24, 2.45) is 0 Å². The van der Waals surface area contributed by atoms with Crippen molar-refractivity contribution < 1.29 is 26.2 Å². The molecule has 1 aromatic heterocycles. The van der Waals surface area contributed by atoms with E-state index in [9.17, 15) is 0 Å². The van der Waals surface area contributed by atoms with Crippen LogP contribution in [0.3, 0.4) is 0 Å². The van der Waals surface area contributed by atoms with Gasteiger partial charge in [0.15, 0.2) is 0 Å². The Hall–Kier alpha value is 1.53. The van der Waals surface area contributed by atoms with Gasteiger partial charge in [0, 0.05) is 26.2 Å². The number of hydrogen-bond acceptors (Lipinski definition) is 0. The third-order valence-electron chi connectivity index (χ3n) is 1.98. The average molecular weight is 340 g/mol. The fourth-order valence-corrected chi connectivity index (χ4v) is 2.14. The molecule has 1 aromatic rings. The van der Waals surface area contributed by atoms with Gasteiger partial charge in [-0.3, -0.25) is 0 Å². The predicted molar refractivity (Wildman–Crippen MR) is 65.2 cm³/mol. The molecule has 1 rings (SSSR count). The summed E-state index contributed by atoms with van der Waals surface area (Å²) in [5.41, 5.74) is 2.99. The second-order valence-corrected chi connectivity index (χ2v) is 4.10. The van der Waals surface area contributed by atoms with Crippen LogP contribution < -0.4 is 0 Å². The van der Waals surface area contributed by atoms with E-state index in [4.69, 9.17) is 0 Å². The molecule has 0 saturated heterocycles. The normalized spacial score (nSPS) is 7.69. The van der Waals surface area contributed by atoms with Crippen LogP contribution in [0.4, 0.5) is 0 Å². The van der Waals surface area contributed by atoms with E-state index in [0.717, 1.165) is 0 Å². The van der Waals surface area contributed by atoms with Gasteiger partial charge in [0.25, 0.3) is 0 Å². The van der Waals surface area contributed by atoms with Crippen LogP contribution in [-0.2, 0) is 26.2 Å². The number of aryl methyl sites for hydroxylation is 2. The molecule has 13 heavy (non-hydrogen) atoms. The minimum Gasteiger partial charge on any atom is -0.220 e. The monoisotopic (exact) mass is 337 g/mol. The molecule has 0 aliphatic rings. The molecule has 0 fully saturated rings. The van der Waals surface area contributed by atoms with E-state index < -0.39 is 0 Å². The second kappa shape index (κ2) is 10.1. The number of halogens is 3. The molecular formula is C8H15Cl3PZr-. The molecule has 0 aliphatic carbocycles. The van der Waals surface area contributed by atoms with Crippen molar-refractivity contribution in [3.05, 3.63) is 21.7 Å². The maximum absolute atomic E-state index is 2.21. The van der Waals surface area contributed by atoms with Crippen molar-refractivity contribution in [1.82, 2.24) is 0 Å². The van der Waals surface area contributed by atoms with Crippen molar-refractivity contribution in [3.63, 3.8) is 0 Å². The van der Waals surface area contributed by atoms with E-state index in [2.05, 4.69) is 27.7 Å². The average Bonchev–Trinajstić information content (AvgIpc) is 1.98. The molecule has 0 radical (unpaired) electrons. The summed E-state index contributed by atoms with van der Waals surface area (Å²) >= 11 is 0. The number of rotatable bonds is 0. The summed E-state index contributed by atoms with van der Waals surface area (Å²) in [6.07, 6.45) is 0. The third kappa shape index (κ3) is 5.86. The van der Waals surface area contributed by atoms with Crippen LogP contribution in [0.2, 0.25) is 0 Å². The summed E-state index contributed by atoms with van der Waals surface area (Å²) in [6.45, 7) is 8.82. The Labute approximate surface area is 120 Å². The van der Waals surface area contributed by atoms with Gasteiger partial charge in [-0.2, -0.15) is 16.4 Å². The van der Waals surface area contributed by atoms with E-state index in [0.29, 0.717) is 0 Å². The van der Waals surface area contributed by atoms with Crippen LogP contribution in [0.1, 0.15) is 21.7 Å². The molecular weight excluding hydrogens is 325 g/mol. The van der Waals surface area contributed by atoms with Crippen molar-refractivity contribution in [2.45, 2.75) is 27.7 Å². The molecule has 0 saturated carbocycles. The fraction of sp³-hybridized carbons (Fsp3) is 0.500. The van der Waals surface area contributed by atoms with Gasteiger partial charge in [-0.05, 0) is 0 Å². The summed E-state index contributed by atoms with van der Waals surface area (Å²) in [7, 11) is 1.44. The summed E-state index contributed by atoms with van der Waals surface area (Å²) in [4.78, 5) is 0. The summed E-state index contributed by atoms with van der Waals surface area (Å²) in [6, 6.07) is 0. The zero-order valence-corrected chi connectivity index (χ0v) is 14.0. The molecule has 0 N–H and O–H groups in total. The molecule has 0 nitrogen and oxygen atoms in total. The van der Waals surface area contributed by atoms with Crippen LogP contribution in [0.25, 0.3) is 0 Å². The van der Waals surface area contributed by atoms with Gasteiger partial charge in [0.1, 0.15) is 0 Å².